The fourth-order valence-electron chi connectivity index (χ4n) is 2.95. The predicted octanol–water partition coefficient (Wildman–Crippen LogP) is 2.06. The van der Waals surface area contributed by atoms with Gasteiger partial charge in [0.15, 0.2) is 0 Å². The van der Waals surface area contributed by atoms with Gasteiger partial charge in [-0.2, -0.15) is 5.10 Å². The van der Waals surface area contributed by atoms with E-state index in [0.29, 0.717) is 25.3 Å². The molecule has 0 radical (unpaired) electrons. The van der Waals surface area contributed by atoms with Crippen molar-refractivity contribution in [3.05, 3.63) is 48.0 Å². The Hall–Kier alpha value is -2.21. The molecule has 6 heteroatoms. The van der Waals surface area contributed by atoms with Gasteiger partial charge in [-0.25, -0.2) is 9.07 Å². The minimum Gasteiger partial charge on any atom is -0.356 e. The lowest BCUT2D eigenvalue weighted by atomic mass is 10.0. The number of halogens is 1. The zero-order valence-electron chi connectivity index (χ0n) is 13.7. The van der Waals surface area contributed by atoms with E-state index in [1.54, 1.807) is 16.8 Å². The Morgan fingerprint density at radius 1 is 1.33 bits per heavy atom. The summed E-state index contributed by atoms with van der Waals surface area (Å²) in [6.45, 7) is 2.69. The van der Waals surface area contributed by atoms with Gasteiger partial charge in [0.2, 0.25) is 5.91 Å². The van der Waals surface area contributed by atoms with E-state index in [0.717, 1.165) is 30.9 Å². The highest BCUT2D eigenvalue weighted by Gasteiger charge is 2.15. The number of hydrogen-bond acceptors (Lipinski definition) is 3. The van der Waals surface area contributed by atoms with E-state index in [-0.39, 0.29) is 11.7 Å². The molecule has 1 saturated heterocycles. The maximum absolute atomic E-state index is 12.9. The standard InChI is InChI=1S/C18H23FN4O/c19-15-2-4-17(5-3-15)23-12-9-16(22-23)8-11-21-18(24)6-1-14-7-10-20-13-14/h2-5,9,12,14,20H,1,6-8,10-11,13H2,(H,21,24). The number of hydrogen-bond donors (Lipinski definition) is 2. The smallest absolute Gasteiger partial charge is 0.220 e. The lowest BCUT2D eigenvalue weighted by Crippen LogP contribution is -2.26. The van der Waals surface area contributed by atoms with E-state index in [1.165, 1.54) is 18.6 Å². The number of benzene rings is 1. The van der Waals surface area contributed by atoms with Gasteiger partial charge in [0.1, 0.15) is 5.82 Å². The van der Waals surface area contributed by atoms with Crippen molar-refractivity contribution in [1.29, 1.82) is 0 Å². The Labute approximate surface area is 141 Å². The summed E-state index contributed by atoms with van der Waals surface area (Å²) in [6, 6.07) is 8.12. The molecule has 1 aromatic heterocycles. The third kappa shape index (κ3) is 4.64. The summed E-state index contributed by atoms with van der Waals surface area (Å²) in [5.74, 6) is 0.490. The van der Waals surface area contributed by atoms with Crippen molar-refractivity contribution in [2.24, 2.45) is 5.92 Å². The first-order valence-corrected chi connectivity index (χ1v) is 8.48. The third-order valence-corrected chi connectivity index (χ3v) is 4.38. The topological polar surface area (TPSA) is 59.0 Å². The first kappa shape index (κ1) is 16.6. The quantitative estimate of drug-likeness (QED) is 0.817. The molecule has 2 aromatic rings. The highest BCUT2D eigenvalue weighted by Crippen LogP contribution is 2.14. The fourth-order valence-corrected chi connectivity index (χ4v) is 2.95. The van der Waals surface area contributed by atoms with Gasteiger partial charge in [-0.3, -0.25) is 4.79 Å². The van der Waals surface area contributed by atoms with Crippen LogP contribution in [0.3, 0.4) is 0 Å². The first-order valence-electron chi connectivity index (χ1n) is 8.48. The van der Waals surface area contributed by atoms with Crippen LogP contribution in [0, 0.1) is 11.7 Å². The SMILES string of the molecule is O=C(CCC1CCNC1)NCCc1ccn(-c2ccc(F)cc2)n1. The van der Waals surface area contributed by atoms with Crippen molar-refractivity contribution >= 4 is 5.91 Å². The molecule has 1 aliphatic heterocycles. The van der Waals surface area contributed by atoms with Crippen molar-refractivity contribution in [3.8, 4) is 5.69 Å². The van der Waals surface area contributed by atoms with Crippen molar-refractivity contribution in [3.63, 3.8) is 0 Å². The molecule has 1 aromatic carbocycles. The highest BCUT2D eigenvalue weighted by atomic mass is 19.1. The second-order valence-corrected chi connectivity index (χ2v) is 6.23. The Balaban J connectivity index is 1.40. The summed E-state index contributed by atoms with van der Waals surface area (Å²) < 4.78 is 14.7. The number of nitrogens with zero attached hydrogens (tertiary/aromatic N) is 2. The van der Waals surface area contributed by atoms with Gasteiger partial charge in [0.05, 0.1) is 11.4 Å². The zero-order chi connectivity index (χ0) is 16.8. The predicted molar refractivity (Wildman–Crippen MR) is 90.4 cm³/mol. The lowest BCUT2D eigenvalue weighted by molar-refractivity contribution is -0.121. The van der Waals surface area contributed by atoms with Crippen molar-refractivity contribution in [2.45, 2.75) is 25.7 Å². The molecular formula is C18H23FN4O. The number of nitrogens with one attached hydrogen (secondary N) is 2. The van der Waals surface area contributed by atoms with Gasteiger partial charge in [-0.15, -0.1) is 0 Å². The number of carbonyl (C=O) groups excluding carboxylic acids is 1. The number of carbonyl (C=O) groups is 1. The molecule has 1 fully saturated rings. The Morgan fingerprint density at radius 3 is 2.92 bits per heavy atom. The van der Waals surface area contributed by atoms with Gasteiger partial charge in [-0.05, 0) is 62.2 Å². The summed E-state index contributed by atoms with van der Waals surface area (Å²) in [5.41, 5.74) is 1.72. The van der Waals surface area contributed by atoms with Crippen LogP contribution in [-0.2, 0) is 11.2 Å². The fraction of sp³-hybridized carbons (Fsp3) is 0.444. The van der Waals surface area contributed by atoms with Gasteiger partial charge in [0, 0.05) is 25.6 Å². The maximum atomic E-state index is 12.9. The van der Waals surface area contributed by atoms with E-state index >= 15 is 0 Å². The summed E-state index contributed by atoms with van der Waals surface area (Å²) >= 11 is 0. The molecule has 1 aliphatic rings. The summed E-state index contributed by atoms with van der Waals surface area (Å²) in [7, 11) is 0. The molecule has 0 spiro atoms. The van der Waals surface area contributed by atoms with Crippen LogP contribution in [0.1, 0.15) is 25.0 Å². The van der Waals surface area contributed by atoms with Crippen LogP contribution in [0.4, 0.5) is 4.39 Å². The zero-order valence-corrected chi connectivity index (χ0v) is 13.7. The van der Waals surface area contributed by atoms with Gasteiger partial charge >= 0.3 is 0 Å². The first-order chi connectivity index (χ1) is 11.7. The van der Waals surface area contributed by atoms with E-state index in [9.17, 15) is 9.18 Å². The number of aromatic nitrogens is 2. The molecule has 0 aliphatic carbocycles. The monoisotopic (exact) mass is 330 g/mol. The van der Waals surface area contributed by atoms with Crippen LogP contribution in [0.5, 0.6) is 0 Å². The Bertz CT molecular complexity index is 662. The number of amides is 1. The van der Waals surface area contributed by atoms with E-state index in [2.05, 4.69) is 15.7 Å². The normalized spacial score (nSPS) is 17.1. The molecule has 2 N–H and O–H groups in total. The second-order valence-electron chi connectivity index (χ2n) is 6.23. The molecule has 5 nitrogen and oxygen atoms in total. The third-order valence-electron chi connectivity index (χ3n) is 4.38. The molecular weight excluding hydrogens is 307 g/mol. The van der Waals surface area contributed by atoms with Gasteiger partial charge in [-0.1, -0.05) is 0 Å². The summed E-state index contributed by atoms with van der Waals surface area (Å²) in [6.07, 6.45) is 5.25. The molecule has 24 heavy (non-hydrogen) atoms. The van der Waals surface area contributed by atoms with E-state index < -0.39 is 0 Å². The number of rotatable bonds is 7. The Kier molecular flexibility index (Phi) is 5.59. The van der Waals surface area contributed by atoms with Crippen molar-refractivity contribution in [1.82, 2.24) is 20.4 Å². The molecule has 0 bridgehead atoms. The van der Waals surface area contributed by atoms with Crippen LogP contribution in [-0.4, -0.2) is 35.3 Å². The largest absolute Gasteiger partial charge is 0.356 e. The van der Waals surface area contributed by atoms with Gasteiger partial charge < -0.3 is 10.6 Å². The summed E-state index contributed by atoms with van der Waals surface area (Å²) in [4.78, 5) is 11.9. The maximum Gasteiger partial charge on any atom is 0.220 e. The molecule has 3 rings (SSSR count). The van der Waals surface area contributed by atoms with Crippen LogP contribution < -0.4 is 10.6 Å². The molecule has 128 valence electrons. The van der Waals surface area contributed by atoms with Crippen LogP contribution in [0.25, 0.3) is 5.69 Å². The summed E-state index contributed by atoms with van der Waals surface area (Å²) in [5, 5.41) is 10.7. The second kappa shape index (κ2) is 8.06. The van der Waals surface area contributed by atoms with E-state index in [1.807, 2.05) is 12.3 Å². The molecule has 1 amide bonds. The highest BCUT2D eigenvalue weighted by molar-refractivity contribution is 5.75. The molecule has 2 heterocycles. The van der Waals surface area contributed by atoms with Crippen molar-refractivity contribution in [2.75, 3.05) is 19.6 Å². The average Bonchev–Trinajstić information content (AvgIpc) is 3.25. The molecule has 1 atom stereocenters. The van der Waals surface area contributed by atoms with Crippen LogP contribution in [0.2, 0.25) is 0 Å². The van der Waals surface area contributed by atoms with Crippen LogP contribution in [0.15, 0.2) is 36.5 Å². The van der Waals surface area contributed by atoms with Crippen molar-refractivity contribution < 1.29 is 9.18 Å². The molecule has 0 saturated carbocycles. The van der Waals surface area contributed by atoms with Crippen LogP contribution >= 0.6 is 0 Å². The van der Waals surface area contributed by atoms with E-state index in [4.69, 9.17) is 0 Å². The minimum absolute atomic E-state index is 0.111. The minimum atomic E-state index is -0.262. The lowest BCUT2D eigenvalue weighted by Gasteiger charge is -2.08. The van der Waals surface area contributed by atoms with Gasteiger partial charge in [0.25, 0.3) is 0 Å². The molecule has 1 unspecified atom stereocenters. The Morgan fingerprint density at radius 2 is 2.17 bits per heavy atom. The average molecular weight is 330 g/mol.